The van der Waals surface area contributed by atoms with E-state index in [4.69, 9.17) is 0 Å². The lowest BCUT2D eigenvalue weighted by Gasteiger charge is -1.94. The Kier molecular flexibility index (Phi) is 3.15. The molecule has 1 aromatic rings. The van der Waals surface area contributed by atoms with E-state index in [1.807, 2.05) is 0 Å². The van der Waals surface area contributed by atoms with Crippen molar-refractivity contribution in [2.75, 3.05) is 0 Å². The van der Waals surface area contributed by atoms with Gasteiger partial charge in [-0.3, -0.25) is 9.78 Å². The predicted octanol–water partition coefficient (Wildman–Crippen LogP) is 1.82. The topological polar surface area (TPSA) is 30.0 Å². The minimum Gasteiger partial charge on any atom is -0.291 e. The average molecular weight is 177 g/mol. The zero-order valence-electron chi connectivity index (χ0n) is 7.17. The number of carbonyl (C=O) groups excluding carboxylic acids is 1. The molecule has 3 heteroatoms. The van der Waals surface area contributed by atoms with Crippen LogP contribution < -0.4 is 0 Å². The number of nitrogens with zero attached hydrogens (tertiary/aromatic N) is 1. The molecule has 0 N–H and O–H groups in total. The third kappa shape index (κ3) is 2.68. The molecule has 0 unspecified atom stereocenters. The van der Waals surface area contributed by atoms with E-state index in [-0.39, 0.29) is 17.9 Å². The molecule has 0 amide bonds. The van der Waals surface area contributed by atoms with E-state index in [0.717, 1.165) is 6.20 Å². The second-order valence-electron chi connectivity index (χ2n) is 2.39. The van der Waals surface area contributed by atoms with Crippen LogP contribution in [0, 0.1) is 17.7 Å². The minimum absolute atomic E-state index is 0.134. The SMILES string of the molecule is CC#CCC(=O)c1ccc(F)cn1. The Morgan fingerprint density at radius 3 is 2.92 bits per heavy atom. The maximum Gasteiger partial charge on any atom is 0.193 e. The highest BCUT2D eigenvalue weighted by atomic mass is 19.1. The highest BCUT2D eigenvalue weighted by molar-refractivity contribution is 5.95. The number of carbonyl (C=O) groups is 1. The summed E-state index contributed by atoms with van der Waals surface area (Å²) in [4.78, 5) is 14.9. The fourth-order valence-corrected chi connectivity index (χ4v) is 0.800. The van der Waals surface area contributed by atoms with Crippen LogP contribution in [0.2, 0.25) is 0 Å². The molecule has 1 heterocycles. The summed E-state index contributed by atoms with van der Waals surface area (Å²) in [5.41, 5.74) is 0.254. The standard InChI is InChI=1S/C10H8FNO/c1-2-3-4-10(13)9-6-5-8(11)7-12-9/h5-7H,4H2,1H3. The van der Waals surface area contributed by atoms with Crippen molar-refractivity contribution in [2.45, 2.75) is 13.3 Å². The summed E-state index contributed by atoms with van der Waals surface area (Å²) in [6.45, 7) is 1.66. The molecule has 0 saturated carbocycles. The first-order chi connectivity index (χ1) is 6.24. The van der Waals surface area contributed by atoms with Crippen molar-refractivity contribution in [3.8, 4) is 11.8 Å². The van der Waals surface area contributed by atoms with Crippen LogP contribution in [0.5, 0.6) is 0 Å². The van der Waals surface area contributed by atoms with Crippen molar-refractivity contribution in [3.05, 3.63) is 29.8 Å². The molecule has 13 heavy (non-hydrogen) atoms. The number of rotatable bonds is 2. The van der Waals surface area contributed by atoms with E-state index < -0.39 is 5.82 Å². The fourth-order valence-electron chi connectivity index (χ4n) is 0.800. The van der Waals surface area contributed by atoms with E-state index in [1.165, 1.54) is 12.1 Å². The van der Waals surface area contributed by atoms with Gasteiger partial charge in [0.05, 0.1) is 12.6 Å². The molecule has 0 aliphatic rings. The van der Waals surface area contributed by atoms with E-state index in [1.54, 1.807) is 6.92 Å². The third-order valence-corrected chi connectivity index (χ3v) is 1.44. The molecule has 0 saturated heterocycles. The van der Waals surface area contributed by atoms with Gasteiger partial charge in [0.2, 0.25) is 0 Å². The highest BCUT2D eigenvalue weighted by Crippen LogP contribution is 2.00. The zero-order chi connectivity index (χ0) is 9.68. The lowest BCUT2D eigenvalue weighted by atomic mass is 10.2. The first-order valence-electron chi connectivity index (χ1n) is 3.78. The zero-order valence-corrected chi connectivity index (χ0v) is 7.17. The maximum atomic E-state index is 12.4. The molecular weight excluding hydrogens is 169 g/mol. The Labute approximate surface area is 75.8 Å². The van der Waals surface area contributed by atoms with Crippen molar-refractivity contribution in [2.24, 2.45) is 0 Å². The molecule has 0 bridgehead atoms. The van der Waals surface area contributed by atoms with Gasteiger partial charge in [0.1, 0.15) is 11.5 Å². The smallest absolute Gasteiger partial charge is 0.193 e. The molecule has 2 nitrogen and oxygen atoms in total. The molecule has 0 radical (unpaired) electrons. The van der Waals surface area contributed by atoms with Gasteiger partial charge in [-0.25, -0.2) is 4.39 Å². The largest absolute Gasteiger partial charge is 0.291 e. The number of aromatic nitrogens is 1. The molecule has 0 aliphatic heterocycles. The van der Waals surface area contributed by atoms with Crippen LogP contribution in [0.25, 0.3) is 0 Å². The Morgan fingerprint density at radius 2 is 2.38 bits per heavy atom. The Balaban J connectivity index is 2.76. The molecule has 1 rings (SSSR count). The van der Waals surface area contributed by atoms with Gasteiger partial charge in [-0.05, 0) is 19.1 Å². The quantitative estimate of drug-likeness (QED) is 0.509. The Morgan fingerprint density at radius 1 is 1.62 bits per heavy atom. The summed E-state index contributed by atoms with van der Waals surface area (Å²) >= 11 is 0. The fraction of sp³-hybridized carbons (Fsp3) is 0.200. The van der Waals surface area contributed by atoms with Crippen molar-refractivity contribution >= 4 is 5.78 Å². The Hall–Kier alpha value is -1.69. The summed E-state index contributed by atoms with van der Waals surface area (Å²) in [5.74, 6) is 4.60. The first kappa shape index (κ1) is 9.40. The van der Waals surface area contributed by atoms with Crippen LogP contribution in [0.4, 0.5) is 4.39 Å². The van der Waals surface area contributed by atoms with Crippen LogP contribution in [0.15, 0.2) is 18.3 Å². The second kappa shape index (κ2) is 4.36. The molecule has 0 fully saturated rings. The van der Waals surface area contributed by atoms with Crippen LogP contribution in [0.3, 0.4) is 0 Å². The summed E-state index contributed by atoms with van der Waals surface area (Å²) < 4.78 is 12.4. The number of ketones is 1. The molecule has 0 spiro atoms. The van der Waals surface area contributed by atoms with Crippen LogP contribution in [0.1, 0.15) is 23.8 Å². The average Bonchev–Trinajstić information content (AvgIpc) is 2.15. The van der Waals surface area contributed by atoms with Gasteiger partial charge in [-0.2, -0.15) is 0 Å². The van der Waals surface area contributed by atoms with Gasteiger partial charge < -0.3 is 0 Å². The van der Waals surface area contributed by atoms with Gasteiger partial charge in [0.15, 0.2) is 5.78 Å². The third-order valence-electron chi connectivity index (χ3n) is 1.44. The van der Waals surface area contributed by atoms with Crippen molar-refractivity contribution in [3.63, 3.8) is 0 Å². The van der Waals surface area contributed by atoms with Gasteiger partial charge in [0.25, 0.3) is 0 Å². The monoisotopic (exact) mass is 177 g/mol. The van der Waals surface area contributed by atoms with Crippen LogP contribution in [-0.2, 0) is 0 Å². The first-order valence-corrected chi connectivity index (χ1v) is 3.78. The Bertz CT molecular complexity index is 359. The summed E-state index contributed by atoms with van der Waals surface area (Å²) in [5, 5.41) is 0. The number of halogens is 1. The van der Waals surface area contributed by atoms with Gasteiger partial charge in [0, 0.05) is 0 Å². The molecule has 0 aromatic carbocycles. The van der Waals surface area contributed by atoms with Crippen LogP contribution >= 0.6 is 0 Å². The normalized spacial score (nSPS) is 8.77. The molecule has 1 aromatic heterocycles. The van der Waals surface area contributed by atoms with Gasteiger partial charge in [-0.15, -0.1) is 5.92 Å². The van der Waals surface area contributed by atoms with Crippen molar-refractivity contribution < 1.29 is 9.18 Å². The number of hydrogen-bond acceptors (Lipinski definition) is 2. The maximum absolute atomic E-state index is 12.4. The molecular formula is C10H8FNO. The summed E-state index contributed by atoms with van der Waals surface area (Å²) in [6, 6.07) is 2.56. The predicted molar refractivity (Wildman–Crippen MR) is 46.6 cm³/mol. The summed E-state index contributed by atoms with van der Waals surface area (Å²) in [7, 11) is 0. The number of hydrogen-bond donors (Lipinski definition) is 0. The number of pyridine rings is 1. The molecule has 0 aliphatic carbocycles. The highest BCUT2D eigenvalue weighted by Gasteiger charge is 2.04. The summed E-state index contributed by atoms with van der Waals surface area (Å²) in [6.07, 6.45) is 1.15. The second-order valence-corrected chi connectivity index (χ2v) is 2.39. The lowest BCUT2D eigenvalue weighted by Crippen LogP contribution is -2.00. The van der Waals surface area contributed by atoms with Crippen molar-refractivity contribution in [1.82, 2.24) is 4.98 Å². The minimum atomic E-state index is -0.446. The molecule has 66 valence electrons. The van der Waals surface area contributed by atoms with Crippen LogP contribution in [-0.4, -0.2) is 10.8 Å². The van der Waals surface area contributed by atoms with Gasteiger partial charge in [-0.1, -0.05) is 5.92 Å². The van der Waals surface area contributed by atoms with E-state index in [0.29, 0.717) is 0 Å². The van der Waals surface area contributed by atoms with E-state index >= 15 is 0 Å². The number of Topliss-reactive ketones (excluding diaryl/α,β-unsaturated/α-hetero) is 1. The molecule has 0 atom stereocenters. The van der Waals surface area contributed by atoms with E-state index in [2.05, 4.69) is 16.8 Å². The van der Waals surface area contributed by atoms with Crippen molar-refractivity contribution in [1.29, 1.82) is 0 Å². The lowest BCUT2D eigenvalue weighted by molar-refractivity contribution is 0.0993. The van der Waals surface area contributed by atoms with E-state index in [9.17, 15) is 9.18 Å². The van der Waals surface area contributed by atoms with Gasteiger partial charge >= 0.3 is 0 Å².